The van der Waals surface area contributed by atoms with Gasteiger partial charge in [-0.05, 0) is 57.4 Å². The Hall–Kier alpha value is -2.42. The van der Waals surface area contributed by atoms with Gasteiger partial charge in [0.25, 0.3) is 11.8 Å². The zero-order valence-corrected chi connectivity index (χ0v) is 18.8. The first kappa shape index (κ1) is 21.4. The minimum absolute atomic E-state index is 0.0626. The Balaban J connectivity index is 1.13. The van der Waals surface area contributed by atoms with Gasteiger partial charge in [-0.1, -0.05) is 12.1 Å². The second-order valence-electron chi connectivity index (χ2n) is 9.89. The van der Waals surface area contributed by atoms with E-state index in [4.69, 9.17) is 4.52 Å². The summed E-state index contributed by atoms with van der Waals surface area (Å²) in [5.74, 6) is 1.31. The molecule has 9 nitrogen and oxygen atoms in total. The normalized spacial score (nSPS) is 24.4. The molecule has 1 spiro atoms. The molecule has 1 aromatic rings. The van der Waals surface area contributed by atoms with Crippen molar-refractivity contribution in [1.29, 1.82) is 0 Å². The lowest BCUT2D eigenvalue weighted by Crippen LogP contribution is -2.55. The van der Waals surface area contributed by atoms with Crippen LogP contribution in [0, 0.1) is 5.92 Å². The van der Waals surface area contributed by atoms with Crippen LogP contribution in [-0.2, 0) is 4.79 Å². The predicted molar refractivity (Wildman–Crippen MR) is 116 cm³/mol. The van der Waals surface area contributed by atoms with E-state index in [0.717, 1.165) is 57.5 Å². The maximum atomic E-state index is 13.2. The Morgan fingerprint density at radius 2 is 1.88 bits per heavy atom. The number of carbonyl (C=O) groups excluding carboxylic acids is 3. The van der Waals surface area contributed by atoms with E-state index in [1.165, 1.54) is 4.90 Å². The zero-order valence-electron chi connectivity index (χ0n) is 18.8. The number of nitrogens with one attached hydrogen (secondary N) is 1. The van der Waals surface area contributed by atoms with Crippen molar-refractivity contribution < 1.29 is 18.9 Å². The summed E-state index contributed by atoms with van der Waals surface area (Å²) in [6.45, 7) is 6.53. The molecule has 0 radical (unpaired) electrons. The van der Waals surface area contributed by atoms with Gasteiger partial charge < -0.3 is 19.6 Å². The molecule has 32 heavy (non-hydrogen) atoms. The van der Waals surface area contributed by atoms with Crippen LogP contribution in [0.2, 0.25) is 0 Å². The fraction of sp³-hybridized carbons (Fsp3) is 0.739. The van der Waals surface area contributed by atoms with Gasteiger partial charge in [0, 0.05) is 44.7 Å². The summed E-state index contributed by atoms with van der Waals surface area (Å²) in [7, 11) is 0. The SMILES string of the molecule is CCCN1CCC2(CC1)NC(=O)N(CC1CCN(C(=O)c3cc(C4CC4)on3)CC1)C2=O. The number of nitrogens with zero attached hydrogens (tertiary/aromatic N) is 4. The van der Waals surface area contributed by atoms with Crippen molar-refractivity contribution in [2.75, 3.05) is 39.3 Å². The number of hydrogen-bond acceptors (Lipinski definition) is 6. The van der Waals surface area contributed by atoms with Gasteiger partial charge in [0.15, 0.2) is 5.69 Å². The molecule has 5 rings (SSSR count). The summed E-state index contributed by atoms with van der Waals surface area (Å²) < 4.78 is 5.32. The molecule has 174 valence electrons. The Bertz CT molecular complexity index is 879. The van der Waals surface area contributed by atoms with E-state index >= 15 is 0 Å². The Morgan fingerprint density at radius 3 is 2.53 bits per heavy atom. The summed E-state index contributed by atoms with van der Waals surface area (Å²) in [6, 6.07) is 1.53. The number of imide groups is 1. The Morgan fingerprint density at radius 1 is 1.16 bits per heavy atom. The molecule has 0 atom stereocenters. The largest absolute Gasteiger partial charge is 0.360 e. The number of amides is 4. The number of carbonyl (C=O) groups is 3. The van der Waals surface area contributed by atoms with Crippen LogP contribution in [0.4, 0.5) is 4.79 Å². The number of likely N-dealkylation sites (tertiary alicyclic amines) is 2. The van der Waals surface area contributed by atoms with Crippen LogP contribution in [0.15, 0.2) is 10.6 Å². The topological polar surface area (TPSA) is 99.0 Å². The van der Waals surface area contributed by atoms with Gasteiger partial charge in [-0.3, -0.25) is 14.5 Å². The van der Waals surface area contributed by atoms with E-state index in [1.807, 2.05) is 4.90 Å². The highest BCUT2D eigenvalue weighted by Crippen LogP contribution is 2.40. The highest BCUT2D eigenvalue weighted by atomic mass is 16.5. The molecule has 4 fully saturated rings. The summed E-state index contributed by atoms with van der Waals surface area (Å²) in [5.41, 5.74) is -0.333. The molecule has 1 saturated carbocycles. The average molecular weight is 444 g/mol. The Kier molecular flexibility index (Phi) is 5.69. The van der Waals surface area contributed by atoms with Gasteiger partial charge >= 0.3 is 6.03 Å². The van der Waals surface area contributed by atoms with Crippen molar-refractivity contribution >= 4 is 17.8 Å². The van der Waals surface area contributed by atoms with E-state index in [-0.39, 0.29) is 23.8 Å². The molecule has 3 saturated heterocycles. The van der Waals surface area contributed by atoms with Crippen LogP contribution in [0.3, 0.4) is 0 Å². The lowest BCUT2D eigenvalue weighted by molar-refractivity contribution is -0.133. The molecule has 0 bridgehead atoms. The van der Waals surface area contributed by atoms with Gasteiger partial charge in [0.1, 0.15) is 11.3 Å². The van der Waals surface area contributed by atoms with Gasteiger partial charge in [-0.2, -0.15) is 0 Å². The number of rotatable bonds is 6. The van der Waals surface area contributed by atoms with E-state index in [2.05, 4.69) is 22.3 Å². The fourth-order valence-electron chi connectivity index (χ4n) is 5.34. The third-order valence-corrected chi connectivity index (χ3v) is 7.57. The standard InChI is InChI=1S/C23H33N5O4/c1-2-9-26-12-7-23(8-13-26)21(30)28(22(31)24-23)15-16-5-10-27(11-6-16)20(29)18-14-19(32-25-18)17-3-4-17/h14,16-17H,2-13,15H2,1H3,(H,24,31). The lowest BCUT2D eigenvalue weighted by Gasteiger charge is -2.37. The van der Waals surface area contributed by atoms with E-state index in [0.29, 0.717) is 44.1 Å². The molecule has 0 aromatic carbocycles. The number of urea groups is 1. The second kappa shape index (κ2) is 8.50. The molecule has 4 amide bonds. The molecule has 0 unspecified atom stereocenters. The van der Waals surface area contributed by atoms with E-state index in [1.54, 1.807) is 6.07 Å². The molecule has 4 heterocycles. The Labute approximate surface area is 188 Å². The zero-order chi connectivity index (χ0) is 22.3. The third-order valence-electron chi connectivity index (χ3n) is 7.57. The summed E-state index contributed by atoms with van der Waals surface area (Å²) in [6.07, 6.45) is 6.22. The number of hydrogen-bond donors (Lipinski definition) is 1. The molecule has 9 heteroatoms. The van der Waals surface area contributed by atoms with Gasteiger partial charge in [-0.25, -0.2) is 4.79 Å². The van der Waals surface area contributed by atoms with Crippen molar-refractivity contribution in [3.63, 3.8) is 0 Å². The molecular weight excluding hydrogens is 410 g/mol. The second-order valence-corrected chi connectivity index (χ2v) is 9.89. The van der Waals surface area contributed by atoms with Crippen LogP contribution >= 0.6 is 0 Å². The first-order chi connectivity index (χ1) is 15.5. The minimum Gasteiger partial charge on any atom is -0.360 e. The van der Waals surface area contributed by atoms with Crippen LogP contribution in [0.25, 0.3) is 0 Å². The predicted octanol–water partition coefficient (Wildman–Crippen LogP) is 2.20. The first-order valence-corrected chi connectivity index (χ1v) is 12.1. The van der Waals surface area contributed by atoms with E-state index < -0.39 is 5.54 Å². The van der Waals surface area contributed by atoms with Crippen molar-refractivity contribution in [1.82, 2.24) is 25.2 Å². The molecule has 1 aliphatic carbocycles. The fourth-order valence-corrected chi connectivity index (χ4v) is 5.34. The van der Waals surface area contributed by atoms with Gasteiger partial charge in [0.2, 0.25) is 0 Å². The highest BCUT2D eigenvalue weighted by Gasteiger charge is 2.52. The highest BCUT2D eigenvalue weighted by molar-refractivity contribution is 6.07. The van der Waals surface area contributed by atoms with Crippen LogP contribution < -0.4 is 5.32 Å². The summed E-state index contributed by atoms with van der Waals surface area (Å²) in [4.78, 5) is 44.2. The van der Waals surface area contributed by atoms with Crippen molar-refractivity contribution in [2.45, 2.75) is 63.3 Å². The van der Waals surface area contributed by atoms with Gasteiger partial charge in [0.05, 0.1) is 0 Å². The van der Waals surface area contributed by atoms with Crippen molar-refractivity contribution in [3.05, 3.63) is 17.5 Å². The van der Waals surface area contributed by atoms with Crippen LogP contribution in [-0.4, -0.2) is 82.5 Å². The quantitative estimate of drug-likeness (QED) is 0.677. The minimum atomic E-state index is -0.718. The van der Waals surface area contributed by atoms with Crippen LogP contribution in [0.1, 0.15) is 74.0 Å². The average Bonchev–Trinajstić information content (AvgIpc) is 3.49. The monoisotopic (exact) mass is 443 g/mol. The number of aromatic nitrogens is 1. The van der Waals surface area contributed by atoms with Crippen LogP contribution in [0.5, 0.6) is 0 Å². The first-order valence-electron chi connectivity index (χ1n) is 12.1. The molecule has 4 aliphatic rings. The van der Waals surface area contributed by atoms with Gasteiger partial charge in [-0.15, -0.1) is 0 Å². The summed E-state index contributed by atoms with van der Waals surface area (Å²) in [5, 5.41) is 6.98. The summed E-state index contributed by atoms with van der Waals surface area (Å²) >= 11 is 0. The lowest BCUT2D eigenvalue weighted by atomic mass is 9.87. The maximum Gasteiger partial charge on any atom is 0.325 e. The maximum absolute atomic E-state index is 13.2. The number of piperidine rings is 2. The molecule has 1 aromatic heterocycles. The van der Waals surface area contributed by atoms with Crippen molar-refractivity contribution in [2.24, 2.45) is 5.92 Å². The molecule has 3 aliphatic heterocycles. The molecule has 1 N–H and O–H groups in total. The smallest absolute Gasteiger partial charge is 0.325 e. The van der Waals surface area contributed by atoms with Crippen molar-refractivity contribution in [3.8, 4) is 0 Å². The van der Waals surface area contributed by atoms with E-state index in [9.17, 15) is 14.4 Å². The molecular formula is C23H33N5O4. The third kappa shape index (κ3) is 4.02.